The summed E-state index contributed by atoms with van der Waals surface area (Å²) in [4.78, 5) is 104. The van der Waals surface area contributed by atoms with E-state index in [1.165, 1.54) is 0 Å². The third-order valence-corrected chi connectivity index (χ3v) is 20.4. The Balaban J connectivity index is 0.000000153. The van der Waals surface area contributed by atoms with E-state index in [1.807, 2.05) is 42.0 Å². The molecule has 8 amide bonds. The lowest BCUT2D eigenvalue weighted by Crippen LogP contribution is -2.45. The fraction of sp³-hybridized carbons (Fsp3) is 0.714. The zero-order valence-corrected chi connectivity index (χ0v) is 58.4. The fourth-order valence-corrected chi connectivity index (χ4v) is 13.6. The van der Waals surface area contributed by atoms with Crippen molar-refractivity contribution >= 4 is 47.3 Å². The van der Waals surface area contributed by atoms with Crippen molar-refractivity contribution in [2.45, 2.75) is 278 Å². The van der Waals surface area contributed by atoms with Crippen molar-refractivity contribution in [1.82, 2.24) is 61.5 Å². The van der Waals surface area contributed by atoms with Gasteiger partial charge in [-0.1, -0.05) is 20.6 Å². The summed E-state index contributed by atoms with van der Waals surface area (Å²) in [5, 5.41) is 27.9. The van der Waals surface area contributed by atoms with Crippen LogP contribution >= 0.6 is 0 Å². The van der Waals surface area contributed by atoms with Gasteiger partial charge in [-0.2, -0.15) is 0 Å². The molecule has 0 bridgehead atoms. The second-order valence-corrected chi connectivity index (χ2v) is 29.0. The molecular weight excluding hydrogens is 1260 g/mol. The van der Waals surface area contributed by atoms with E-state index in [2.05, 4.69) is 41.9 Å². The minimum absolute atomic E-state index is 0.0121. The molecule has 540 valence electrons. The molecule has 8 aliphatic rings. The molecule has 8 saturated carbocycles. The molecule has 2 atom stereocenters. The molecule has 8 fully saturated rings. The lowest BCUT2D eigenvalue weighted by atomic mass is 9.90. The average Bonchev–Trinajstić information content (AvgIpc) is 1.65. The predicted octanol–water partition coefficient (Wildman–Crippen LogP) is 6.38. The summed E-state index contributed by atoms with van der Waals surface area (Å²) >= 11 is 0. The Hall–Kier alpha value is -7.56. The summed E-state index contributed by atoms with van der Waals surface area (Å²) in [6.45, 7) is 4.41. The molecule has 0 unspecified atom stereocenters. The van der Waals surface area contributed by atoms with E-state index in [-0.39, 0.29) is 108 Å². The highest BCUT2D eigenvalue weighted by Gasteiger charge is 2.37. The average molecular weight is 1370 g/mol. The van der Waals surface area contributed by atoms with Gasteiger partial charge in [0.15, 0.2) is 22.8 Å². The van der Waals surface area contributed by atoms with Gasteiger partial charge in [0, 0.05) is 175 Å². The molecule has 28 nitrogen and oxygen atoms in total. The van der Waals surface area contributed by atoms with E-state index in [9.17, 15) is 38.4 Å². The number of nitrogens with zero attached hydrogens (tertiary/aromatic N) is 8. The number of nitrogens with one attached hydrogen (secondary N) is 4. The van der Waals surface area contributed by atoms with Crippen LogP contribution in [0.4, 0.5) is 0 Å². The van der Waals surface area contributed by atoms with Crippen LogP contribution in [0, 0.1) is 0 Å². The zero-order chi connectivity index (χ0) is 70.2. The van der Waals surface area contributed by atoms with Crippen LogP contribution in [-0.4, -0.2) is 189 Å². The van der Waals surface area contributed by atoms with Gasteiger partial charge in [-0.25, -0.2) is 0 Å². The smallest absolute Gasteiger partial charge is 0.276 e. The van der Waals surface area contributed by atoms with Gasteiger partial charge in [0.25, 0.3) is 23.6 Å². The normalized spacial score (nSPS) is 24.2. The summed E-state index contributed by atoms with van der Waals surface area (Å²) in [6.07, 6.45) is 24.5. The molecule has 0 aliphatic heterocycles. The van der Waals surface area contributed by atoms with E-state index >= 15 is 0 Å². The quantitative estimate of drug-likeness (QED) is 0.0377. The van der Waals surface area contributed by atoms with Crippen LogP contribution in [0.25, 0.3) is 0 Å². The molecule has 0 saturated heterocycles. The molecule has 0 spiro atoms. The summed E-state index contributed by atoms with van der Waals surface area (Å²) in [5.74, 6) is 4.86. The van der Waals surface area contributed by atoms with Gasteiger partial charge < -0.3 is 81.9 Å². The number of hydrogen-bond acceptors (Lipinski definition) is 20. The van der Waals surface area contributed by atoms with Gasteiger partial charge >= 0.3 is 0 Å². The minimum atomic E-state index is -0.122. The van der Waals surface area contributed by atoms with Crippen LogP contribution in [0.5, 0.6) is 0 Å². The van der Waals surface area contributed by atoms with E-state index in [1.54, 1.807) is 43.9 Å². The summed E-state index contributed by atoms with van der Waals surface area (Å²) in [5.41, 5.74) is 23.7. The van der Waals surface area contributed by atoms with E-state index in [0.29, 0.717) is 85.2 Å². The molecule has 12 N–H and O–H groups in total. The van der Waals surface area contributed by atoms with Crippen LogP contribution in [-0.2, 0) is 19.2 Å². The lowest BCUT2D eigenvalue weighted by molar-refractivity contribution is -0.123. The largest absolute Gasteiger partial charge is 0.360 e. The molecule has 12 rings (SSSR count). The van der Waals surface area contributed by atoms with E-state index in [4.69, 9.17) is 41.0 Å². The first-order chi connectivity index (χ1) is 47.0. The van der Waals surface area contributed by atoms with Crippen molar-refractivity contribution in [3.8, 4) is 0 Å². The zero-order valence-electron chi connectivity index (χ0n) is 58.4. The van der Waals surface area contributed by atoms with Gasteiger partial charge in [-0.3, -0.25) is 38.4 Å². The number of hydrogen-bond donors (Lipinski definition) is 8. The summed E-state index contributed by atoms with van der Waals surface area (Å²) < 4.78 is 21.1. The van der Waals surface area contributed by atoms with Crippen molar-refractivity contribution in [1.29, 1.82) is 0 Å². The van der Waals surface area contributed by atoms with E-state index < -0.39 is 0 Å². The van der Waals surface area contributed by atoms with Crippen molar-refractivity contribution in [2.75, 3.05) is 41.3 Å². The maximum atomic E-state index is 12.6. The molecule has 0 radical (unpaired) electrons. The van der Waals surface area contributed by atoms with E-state index in [0.717, 1.165) is 177 Å². The highest BCUT2D eigenvalue weighted by molar-refractivity contribution is 5.94. The number of nitrogens with two attached hydrogens (primary N) is 4. The SMILES string of the molecule is CN(C(=O)c1cc(C2CC2)on1)C1CCC(NC(=O)CCN)CC1.CN(C(=O)c1cc(C2CC2)on1)C1CCC(NC(=O)CCN)CC1.C[C@H](N)CC(=O)NC1CCC(N(C)C(=O)c2cc(C3CC3)on2)CC1.C[C@H](N)CC(=O)NC1CCC(N(C)C(=O)c2cc(C3CC3)on2)CC1. The molecule has 98 heavy (non-hydrogen) atoms. The molecule has 8 aliphatic carbocycles. The highest BCUT2D eigenvalue weighted by Crippen LogP contribution is 2.43. The maximum absolute atomic E-state index is 12.6. The second-order valence-electron chi connectivity index (χ2n) is 29.0. The Morgan fingerprint density at radius 1 is 0.367 bits per heavy atom. The first-order valence-corrected chi connectivity index (χ1v) is 36.1. The van der Waals surface area contributed by atoms with Gasteiger partial charge in [0.1, 0.15) is 23.0 Å². The monoisotopic (exact) mass is 1360 g/mol. The second kappa shape index (κ2) is 35.5. The van der Waals surface area contributed by atoms with Gasteiger partial charge in [-0.05, 0) is 168 Å². The molecule has 4 aromatic heterocycles. The number of carbonyl (C=O) groups excluding carboxylic acids is 8. The van der Waals surface area contributed by atoms with Crippen LogP contribution in [0.15, 0.2) is 42.4 Å². The molecule has 28 heteroatoms. The summed E-state index contributed by atoms with van der Waals surface area (Å²) in [6, 6.07) is 8.37. The third kappa shape index (κ3) is 22.2. The van der Waals surface area contributed by atoms with Crippen LogP contribution in [0.3, 0.4) is 0 Å². The third-order valence-electron chi connectivity index (χ3n) is 20.4. The Kier molecular flexibility index (Phi) is 27.0. The standard InChI is InChI=1S/2C18H28N4O3.2C17H26N4O3/c2*1-11(19)9-17(23)20-13-5-7-14(8-6-13)22(2)18(24)15-10-16(25-21-15)12-3-4-12;2*1-21(17(23)14-10-15(24-20-14)11-2-3-11)13-6-4-12(5-7-13)19-16(22)8-9-18/h2*10-14H,3-9,19H2,1-2H3,(H,20,23);2*10-13H,2-9,18H2,1H3,(H,19,22)/t2*11-,13?,14?;;/m00../s1. The molecule has 0 aromatic carbocycles. The van der Waals surface area contributed by atoms with Crippen LogP contribution < -0.4 is 44.2 Å². The van der Waals surface area contributed by atoms with Crippen LogP contribution in [0.2, 0.25) is 0 Å². The van der Waals surface area contributed by atoms with Crippen LogP contribution in [0.1, 0.15) is 282 Å². The minimum Gasteiger partial charge on any atom is -0.360 e. The Morgan fingerprint density at radius 2 is 0.571 bits per heavy atom. The molecule has 4 heterocycles. The molecule has 4 aromatic rings. The fourth-order valence-electron chi connectivity index (χ4n) is 13.6. The topological polar surface area (TPSA) is 406 Å². The Bertz CT molecular complexity index is 3050. The Labute approximate surface area is 574 Å². The maximum Gasteiger partial charge on any atom is 0.276 e. The number of amides is 8. The van der Waals surface area contributed by atoms with Gasteiger partial charge in [0.05, 0.1) is 0 Å². The van der Waals surface area contributed by atoms with Crippen molar-refractivity contribution in [3.05, 3.63) is 70.1 Å². The van der Waals surface area contributed by atoms with Gasteiger partial charge in [-0.15, -0.1) is 0 Å². The first kappa shape index (κ1) is 74.7. The number of rotatable bonds is 24. The first-order valence-electron chi connectivity index (χ1n) is 36.1. The highest BCUT2D eigenvalue weighted by atomic mass is 16.5. The van der Waals surface area contributed by atoms with Crippen molar-refractivity contribution in [2.24, 2.45) is 22.9 Å². The number of carbonyl (C=O) groups is 8. The number of aromatic nitrogens is 4. The van der Waals surface area contributed by atoms with Crippen molar-refractivity contribution in [3.63, 3.8) is 0 Å². The summed E-state index contributed by atoms with van der Waals surface area (Å²) in [7, 11) is 7.30. The Morgan fingerprint density at radius 3 is 0.755 bits per heavy atom. The molecular formula is C70H108N16O12. The van der Waals surface area contributed by atoms with Crippen molar-refractivity contribution < 1.29 is 56.4 Å². The lowest BCUT2D eigenvalue weighted by Gasteiger charge is -2.34. The van der Waals surface area contributed by atoms with Gasteiger partial charge in [0.2, 0.25) is 23.6 Å². The predicted molar refractivity (Wildman–Crippen MR) is 363 cm³/mol.